The van der Waals surface area contributed by atoms with Crippen LogP contribution in [0, 0.1) is 0 Å². The van der Waals surface area contributed by atoms with Gasteiger partial charge in [0.2, 0.25) is 0 Å². The Morgan fingerprint density at radius 1 is 1.19 bits per heavy atom. The molecule has 0 bridgehead atoms. The van der Waals surface area contributed by atoms with Gasteiger partial charge in [0.15, 0.2) is 11.5 Å². The van der Waals surface area contributed by atoms with Gasteiger partial charge in [0.25, 0.3) is 0 Å². The van der Waals surface area contributed by atoms with Crippen LogP contribution in [0.1, 0.15) is 12.5 Å². The third-order valence-corrected chi connectivity index (χ3v) is 2.48. The van der Waals surface area contributed by atoms with Crippen molar-refractivity contribution >= 4 is 12.4 Å². The number of likely N-dealkylation sites (N-methyl/N-ethyl adjacent to an activating group) is 1. The molecule has 0 radical (unpaired) electrons. The molecule has 0 aliphatic rings. The highest BCUT2D eigenvalue weighted by Crippen LogP contribution is 2.27. The van der Waals surface area contributed by atoms with Gasteiger partial charge < -0.3 is 14.8 Å². The lowest BCUT2D eigenvalue weighted by Crippen LogP contribution is -2.23. The molecule has 16 heavy (non-hydrogen) atoms. The Morgan fingerprint density at radius 3 is 2.31 bits per heavy atom. The number of methoxy groups -OCH3 is 2. The summed E-state index contributed by atoms with van der Waals surface area (Å²) in [5.74, 6) is 1.57. The summed E-state index contributed by atoms with van der Waals surface area (Å²) in [7, 11) is 5.27. The van der Waals surface area contributed by atoms with Crippen molar-refractivity contribution in [1.82, 2.24) is 5.32 Å². The van der Waals surface area contributed by atoms with Crippen LogP contribution in [0.5, 0.6) is 11.5 Å². The minimum absolute atomic E-state index is 0. The van der Waals surface area contributed by atoms with Crippen LogP contribution in [-0.4, -0.2) is 27.3 Å². The molecule has 4 heteroatoms. The maximum atomic E-state index is 5.25. The zero-order chi connectivity index (χ0) is 11.3. The van der Waals surface area contributed by atoms with E-state index in [0.29, 0.717) is 6.04 Å². The molecule has 1 aromatic rings. The Hall–Kier alpha value is -0.930. The number of hydrogen-bond donors (Lipinski definition) is 1. The zero-order valence-corrected chi connectivity index (χ0v) is 11.1. The van der Waals surface area contributed by atoms with E-state index in [9.17, 15) is 0 Å². The highest BCUT2D eigenvalue weighted by molar-refractivity contribution is 5.85. The fourth-order valence-electron chi connectivity index (χ4n) is 1.46. The van der Waals surface area contributed by atoms with Gasteiger partial charge in [-0.1, -0.05) is 6.07 Å². The highest BCUT2D eigenvalue weighted by atomic mass is 35.5. The van der Waals surface area contributed by atoms with E-state index in [1.54, 1.807) is 14.2 Å². The molecule has 0 fully saturated rings. The van der Waals surface area contributed by atoms with E-state index < -0.39 is 0 Å². The highest BCUT2D eigenvalue weighted by Gasteiger charge is 2.06. The maximum Gasteiger partial charge on any atom is 0.160 e. The zero-order valence-electron chi connectivity index (χ0n) is 10.2. The van der Waals surface area contributed by atoms with Gasteiger partial charge in [0.05, 0.1) is 14.2 Å². The standard InChI is InChI=1S/C12H19NO2.ClH/c1-9(13-2)7-10-5-6-11(14-3)12(8-10)15-4;/h5-6,8-9,13H,7H2,1-4H3;1H. The second kappa shape index (κ2) is 7.36. The Labute approximate surface area is 104 Å². The number of hydrogen-bond acceptors (Lipinski definition) is 3. The van der Waals surface area contributed by atoms with Gasteiger partial charge in [-0.2, -0.15) is 0 Å². The molecule has 92 valence electrons. The van der Waals surface area contributed by atoms with Crippen LogP contribution in [0.15, 0.2) is 18.2 Å². The van der Waals surface area contributed by atoms with Crippen molar-refractivity contribution in [3.05, 3.63) is 23.8 Å². The first-order valence-electron chi connectivity index (χ1n) is 5.09. The number of benzene rings is 1. The topological polar surface area (TPSA) is 30.5 Å². The van der Waals surface area contributed by atoms with Gasteiger partial charge in [0.1, 0.15) is 0 Å². The number of rotatable bonds is 5. The van der Waals surface area contributed by atoms with Crippen LogP contribution in [0.3, 0.4) is 0 Å². The van der Waals surface area contributed by atoms with Gasteiger partial charge in [-0.05, 0) is 38.1 Å². The van der Waals surface area contributed by atoms with Crippen LogP contribution in [0.25, 0.3) is 0 Å². The number of halogens is 1. The molecule has 0 saturated heterocycles. The van der Waals surface area contributed by atoms with Crippen LogP contribution in [0.4, 0.5) is 0 Å². The van der Waals surface area contributed by atoms with Crippen LogP contribution < -0.4 is 14.8 Å². The molecule has 1 unspecified atom stereocenters. The third kappa shape index (κ3) is 3.91. The van der Waals surface area contributed by atoms with Gasteiger partial charge in [0, 0.05) is 6.04 Å². The fraction of sp³-hybridized carbons (Fsp3) is 0.500. The summed E-state index contributed by atoms with van der Waals surface area (Å²) in [6, 6.07) is 6.49. The summed E-state index contributed by atoms with van der Waals surface area (Å²) < 4.78 is 10.4. The van der Waals surface area contributed by atoms with Gasteiger partial charge in [-0.25, -0.2) is 0 Å². The second-order valence-electron chi connectivity index (χ2n) is 3.58. The molecule has 0 saturated carbocycles. The second-order valence-corrected chi connectivity index (χ2v) is 3.58. The number of ether oxygens (including phenoxy) is 2. The van der Waals surface area contributed by atoms with Gasteiger partial charge in [-0.3, -0.25) is 0 Å². The molecule has 3 nitrogen and oxygen atoms in total. The lowest BCUT2D eigenvalue weighted by atomic mass is 10.1. The van der Waals surface area contributed by atoms with Gasteiger partial charge >= 0.3 is 0 Å². The molecule has 0 aliphatic heterocycles. The Bertz CT molecular complexity index is 318. The van der Waals surface area contributed by atoms with Crippen molar-refractivity contribution in [2.75, 3.05) is 21.3 Å². The van der Waals surface area contributed by atoms with E-state index in [4.69, 9.17) is 9.47 Å². The van der Waals surface area contributed by atoms with E-state index in [1.807, 2.05) is 19.2 Å². The molecule has 0 aliphatic carbocycles. The van der Waals surface area contributed by atoms with Crippen LogP contribution >= 0.6 is 12.4 Å². The maximum absolute atomic E-state index is 5.25. The molecule has 1 atom stereocenters. The summed E-state index contributed by atoms with van der Waals surface area (Å²) in [6.07, 6.45) is 0.983. The summed E-state index contributed by atoms with van der Waals surface area (Å²) in [5.41, 5.74) is 1.24. The lowest BCUT2D eigenvalue weighted by molar-refractivity contribution is 0.354. The first kappa shape index (κ1) is 15.1. The largest absolute Gasteiger partial charge is 0.493 e. The number of nitrogens with one attached hydrogen (secondary N) is 1. The Balaban J connectivity index is 0.00000225. The predicted molar refractivity (Wildman–Crippen MR) is 69.0 cm³/mol. The molecule has 0 amide bonds. The Kier molecular flexibility index (Phi) is 6.93. The van der Waals surface area contributed by atoms with E-state index in [2.05, 4.69) is 18.3 Å². The summed E-state index contributed by atoms with van der Waals surface area (Å²) in [6.45, 7) is 2.15. The monoisotopic (exact) mass is 245 g/mol. The quantitative estimate of drug-likeness (QED) is 0.864. The first-order valence-corrected chi connectivity index (χ1v) is 5.09. The van der Waals surface area contributed by atoms with Crippen molar-refractivity contribution in [3.63, 3.8) is 0 Å². The molecule has 0 spiro atoms. The minimum Gasteiger partial charge on any atom is -0.493 e. The summed E-state index contributed by atoms with van der Waals surface area (Å²) >= 11 is 0. The third-order valence-electron chi connectivity index (χ3n) is 2.48. The van der Waals surface area contributed by atoms with E-state index in [-0.39, 0.29) is 12.4 Å². The van der Waals surface area contributed by atoms with E-state index in [0.717, 1.165) is 17.9 Å². The first-order chi connectivity index (χ1) is 7.21. The molecular formula is C12H20ClNO2. The molecule has 1 rings (SSSR count). The minimum atomic E-state index is 0. The molecule has 1 N–H and O–H groups in total. The average Bonchev–Trinajstić information content (AvgIpc) is 2.28. The van der Waals surface area contributed by atoms with Crippen LogP contribution in [-0.2, 0) is 6.42 Å². The molecule has 1 aromatic carbocycles. The van der Waals surface area contributed by atoms with Gasteiger partial charge in [-0.15, -0.1) is 12.4 Å². The predicted octanol–water partition coefficient (Wildman–Crippen LogP) is 2.28. The summed E-state index contributed by atoms with van der Waals surface area (Å²) in [4.78, 5) is 0. The summed E-state index contributed by atoms with van der Waals surface area (Å²) in [5, 5.41) is 3.21. The average molecular weight is 246 g/mol. The SMILES string of the molecule is CNC(C)Cc1ccc(OC)c(OC)c1.Cl. The van der Waals surface area contributed by atoms with Crippen molar-refractivity contribution in [2.45, 2.75) is 19.4 Å². The van der Waals surface area contributed by atoms with Crippen molar-refractivity contribution in [1.29, 1.82) is 0 Å². The van der Waals surface area contributed by atoms with Crippen LogP contribution in [0.2, 0.25) is 0 Å². The molecular weight excluding hydrogens is 226 g/mol. The van der Waals surface area contributed by atoms with Crippen molar-refractivity contribution in [2.24, 2.45) is 0 Å². The normalized spacial score (nSPS) is 11.5. The van der Waals surface area contributed by atoms with E-state index in [1.165, 1.54) is 5.56 Å². The fourth-order valence-corrected chi connectivity index (χ4v) is 1.46. The Morgan fingerprint density at radius 2 is 1.81 bits per heavy atom. The molecule has 0 aromatic heterocycles. The van der Waals surface area contributed by atoms with Crippen molar-refractivity contribution < 1.29 is 9.47 Å². The van der Waals surface area contributed by atoms with E-state index >= 15 is 0 Å². The molecule has 0 heterocycles. The lowest BCUT2D eigenvalue weighted by Gasteiger charge is -2.12. The van der Waals surface area contributed by atoms with Crippen molar-refractivity contribution in [3.8, 4) is 11.5 Å². The smallest absolute Gasteiger partial charge is 0.160 e.